The van der Waals surface area contributed by atoms with Crippen molar-refractivity contribution in [1.82, 2.24) is 14.9 Å². The van der Waals surface area contributed by atoms with Crippen molar-refractivity contribution < 1.29 is 4.79 Å². The molecule has 0 atom stereocenters. The summed E-state index contributed by atoms with van der Waals surface area (Å²) in [5.41, 5.74) is 5.18. The van der Waals surface area contributed by atoms with Crippen LogP contribution in [0.5, 0.6) is 0 Å². The number of anilines is 1. The van der Waals surface area contributed by atoms with Crippen molar-refractivity contribution in [3.8, 4) is 22.5 Å². The highest BCUT2D eigenvalue weighted by molar-refractivity contribution is 7.99. The van der Waals surface area contributed by atoms with Gasteiger partial charge in [-0.3, -0.25) is 0 Å². The summed E-state index contributed by atoms with van der Waals surface area (Å²) in [4.78, 5) is 18.6. The standard InChI is InChI=1S/C28H30N4OS2/c1-3-19-32-26(22-12-8-5-9-13-22)25(21-10-6-4-7-11-21)31-28(32)35-20-18-29-27(33)30-23-14-16-24(34-2)17-15-23/h4-17H,3,18-20H2,1-2H3,(H2,29,30,33). The predicted molar refractivity (Wildman–Crippen MR) is 149 cm³/mol. The van der Waals surface area contributed by atoms with E-state index in [2.05, 4.69) is 58.5 Å². The SMILES string of the molecule is CCCn1c(SCCNC(=O)Nc2ccc(SC)cc2)nc(-c2ccccc2)c1-c1ccccc1. The molecule has 0 aliphatic carbocycles. The largest absolute Gasteiger partial charge is 0.337 e. The molecule has 0 aliphatic heterocycles. The number of rotatable bonds is 10. The molecule has 5 nitrogen and oxygen atoms in total. The molecule has 35 heavy (non-hydrogen) atoms. The molecule has 0 aliphatic rings. The summed E-state index contributed by atoms with van der Waals surface area (Å²) in [6.07, 6.45) is 3.04. The highest BCUT2D eigenvalue weighted by Crippen LogP contribution is 2.36. The number of imidazole rings is 1. The summed E-state index contributed by atoms with van der Waals surface area (Å²) in [6, 6.07) is 28.4. The maximum absolute atomic E-state index is 12.3. The van der Waals surface area contributed by atoms with Crippen LogP contribution >= 0.6 is 23.5 Å². The Morgan fingerprint density at radius 3 is 2.20 bits per heavy atom. The third-order valence-electron chi connectivity index (χ3n) is 5.44. The monoisotopic (exact) mass is 502 g/mol. The summed E-state index contributed by atoms with van der Waals surface area (Å²) in [5.74, 6) is 0.724. The molecule has 0 bridgehead atoms. The van der Waals surface area contributed by atoms with Gasteiger partial charge < -0.3 is 15.2 Å². The number of carbonyl (C=O) groups excluding carboxylic acids is 1. The summed E-state index contributed by atoms with van der Waals surface area (Å²) in [6.45, 7) is 3.61. The highest BCUT2D eigenvalue weighted by atomic mass is 32.2. The summed E-state index contributed by atoms with van der Waals surface area (Å²) in [5, 5.41) is 6.82. The van der Waals surface area contributed by atoms with E-state index in [4.69, 9.17) is 4.98 Å². The Kier molecular flexibility index (Phi) is 8.92. The molecule has 2 amide bonds. The summed E-state index contributed by atoms with van der Waals surface area (Å²) in [7, 11) is 0. The van der Waals surface area contributed by atoms with E-state index < -0.39 is 0 Å². The fraction of sp³-hybridized carbons (Fsp3) is 0.214. The Labute approximate surface area is 215 Å². The lowest BCUT2D eigenvalue weighted by Crippen LogP contribution is -2.30. The highest BCUT2D eigenvalue weighted by Gasteiger charge is 2.19. The van der Waals surface area contributed by atoms with E-state index in [9.17, 15) is 4.79 Å². The fourth-order valence-corrected chi connectivity index (χ4v) is 5.11. The molecule has 1 aromatic heterocycles. The second-order valence-corrected chi connectivity index (χ2v) is 9.87. The minimum Gasteiger partial charge on any atom is -0.337 e. The number of aromatic nitrogens is 2. The summed E-state index contributed by atoms with van der Waals surface area (Å²) >= 11 is 3.35. The average molecular weight is 503 g/mol. The number of nitrogens with one attached hydrogen (secondary N) is 2. The van der Waals surface area contributed by atoms with Gasteiger partial charge in [0, 0.05) is 40.6 Å². The Hall–Kier alpha value is -3.16. The normalized spacial score (nSPS) is 10.8. The fourth-order valence-electron chi connectivity index (χ4n) is 3.82. The molecule has 0 unspecified atom stereocenters. The Morgan fingerprint density at radius 2 is 1.57 bits per heavy atom. The molecule has 2 N–H and O–H groups in total. The molecule has 180 valence electrons. The minimum absolute atomic E-state index is 0.200. The topological polar surface area (TPSA) is 59.0 Å². The van der Waals surface area contributed by atoms with Gasteiger partial charge in [-0.2, -0.15) is 0 Å². The molecule has 0 saturated heterocycles. The van der Waals surface area contributed by atoms with Gasteiger partial charge in [0.2, 0.25) is 0 Å². The van der Waals surface area contributed by atoms with E-state index in [0.29, 0.717) is 6.54 Å². The first kappa shape index (κ1) is 24.9. The number of benzene rings is 3. The van der Waals surface area contributed by atoms with E-state index in [1.54, 1.807) is 23.5 Å². The van der Waals surface area contributed by atoms with Crippen LogP contribution in [-0.2, 0) is 6.54 Å². The third kappa shape index (κ3) is 6.50. The molecule has 0 fully saturated rings. The van der Waals surface area contributed by atoms with Crippen LogP contribution < -0.4 is 10.6 Å². The number of carbonyl (C=O) groups is 1. The van der Waals surface area contributed by atoms with Crippen LogP contribution in [0.3, 0.4) is 0 Å². The van der Waals surface area contributed by atoms with E-state index in [1.807, 2.05) is 54.8 Å². The van der Waals surface area contributed by atoms with E-state index in [-0.39, 0.29) is 6.03 Å². The number of amides is 2. The van der Waals surface area contributed by atoms with E-state index in [0.717, 1.165) is 52.1 Å². The molecule has 4 rings (SSSR count). The number of urea groups is 1. The van der Waals surface area contributed by atoms with Crippen LogP contribution in [0, 0.1) is 0 Å². The molecule has 3 aromatic carbocycles. The first-order valence-corrected chi connectivity index (χ1v) is 13.9. The first-order chi connectivity index (χ1) is 17.2. The maximum atomic E-state index is 12.3. The van der Waals surface area contributed by atoms with Crippen molar-refractivity contribution in [1.29, 1.82) is 0 Å². The molecule has 0 saturated carbocycles. The maximum Gasteiger partial charge on any atom is 0.319 e. The van der Waals surface area contributed by atoms with Gasteiger partial charge in [-0.05, 0) is 36.9 Å². The predicted octanol–water partition coefficient (Wildman–Crippen LogP) is 7.26. The van der Waals surface area contributed by atoms with Crippen LogP contribution in [0.2, 0.25) is 0 Å². The van der Waals surface area contributed by atoms with Gasteiger partial charge in [0.25, 0.3) is 0 Å². The van der Waals surface area contributed by atoms with E-state index >= 15 is 0 Å². The van der Waals surface area contributed by atoms with Gasteiger partial charge in [-0.15, -0.1) is 11.8 Å². The molecular formula is C28H30N4OS2. The zero-order valence-electron chi connectivity index (χ0n) is 20.0. The van der Waals surface area contributed by atoms with Crippen molar-refractivity contribution in [3.63, 3.8) is 0 Å². The van der Waals surface area contributed by atoms with Gasteiger partial charge in [0.1, 0.15) is 0 Å². The van der Waals surface area contributed by atoms with Crippen LogP contribution in [0.15, 0.2) is 95.0 Å². The minimum atomic E-state index is -0.200. The van der Waals surface area contributed by atoms with Gasteiger partial charge in [-0.25, -0.2) is 9.78 Å². The van der Waals surface area contributed by atoms with Crippen molar-refractivity contribution in [2.75, 3.05) is 23.9 Å². The quantitative estimate of drug-likeness (QED) is 0.177. The molecule has 1 heterocycles. The second kappa shape index (κ2) is 12.5. The van der Waals surface area contributed by atoms with Gasteiger partial charge in [0.15, 0.2) is 5.16 Å². The first-order valence-electron chi connectivity index (χ1n) is 11.7. The van der Waals surface area contributed by atoms with Gasteiger partial charge >= 0.3 is 6.03 Å². The van der Waals surface area contributed by atoms with Gasteiger partial charge in [0.05, 0.1) is 11.4 Å². The Balaban J connectivity index is 1.47. The number of thioether (sulfide) groups is 2. The van der Waals surface area contributed by atoms with Crippen molar-refractivity contribution in [3.05, 3.63) is 84.9 Å². The van der Waals surface area contributed by atoms with Crippen LogP contribution in [0.1, 0.15) is 13.3 Å². The molecular weight excluding hydrogens is 472 g/mol. The smallest absolute Gasteiger partial charge is 0.319 e. The third-order valence-corrected chi connectivity index (χ3v) is 7.16. The van der Waals surface area contributed by atoms with Crippen LogP contribution in [0.25, 0.3) is 22.5 Å². The zero-order valence-corrected chi connectivity index (χ0v) is 21.7. The zero-order chi connectivity index (χ0) is 24.5. The number of nitrogens with zero attached hydrogens (tertiary/aromatic N) is 2. The average Bonchev–Trinajstić information content (AvgIpc) is 3.26. The number of hydrogen-bond donors (Lipinski definition) is 2. The molecule has 4 aromatic rings. The summed E-state index contributed by atoms with van der Waals surface area (Å²) < 4.78 is 2.32. The Morgan fingerprint density at radius 1 is 0.914 bits per heavy atom. The lowest BCUT2D eigenvalue weighted by molar-refractivity contribution is 0.252. The van der Waals surface area contributed by atoms with Crippen molar-refractivity contribution >= 4 is 35.2 Å². The van der Waals surface area contributed by atoms with E-state index in [1.165, 1.54) is 4.90 Å². The van der Waals surface area contributed by atoms with Crippen LogP contribution in [0.4, 0.5) is 10.5 Å². The number of hydrogen-bond acceptors (Lipinski definition) is 4. The van der Waals surface area contributed by atoms with Crippen molar-refractivity contribution in [2.24, 2.45) is 0 Å². The lowest BCUT2D eigenvalue weighted by atomic mass is 10.0. The van der Waals surface area contributed by atoms with Crippen molar-refractivity contribution in [2.45, 2.75) is 29.9 Å². The lowest BCUT2D eigenvalue weighted by Gasteiger charge is -2.12. The second-order valence-electron chi connectivity index (χ2n) is 7.93. The van der Waals surface area contributed by atoms with Crippen LogP contribution in [-0.4, -0.2) is 34.1 Å². The Bertz CT molecular complexity index is 1230. The molecule has 7 heteroatoms. The van der Waals surface area contributed by atoms with Gasteiger partial charge in [-0.1, -0.05) is 79.3 Å². The molecule has 0 spiro atoms. The molecule has 0 radical (unpaired) electrons.